The van der Waals surface area contributed by atoms with Gasteiger partial charge in [0.25, 0.3) is 0 Å². The SMILES string of the molecule is CN=C=Nc1ccc(Cl)cc1. The first-order valence-electron chi connectivity index (χ1n) is 3.13. The van der Waals surface area contributed by atoms with Crippen molar-refractivity contribution in [2.75, 3.05) is 7.05 Å². The van der Waals surface area contributed by atoms with Crippen LogP contribution in [0.4, 0.5) is 5.69 Å². The lowest BCUT2D eigenvalue weighted by atomic mass is 10.3. The number of nitrogens with zero attached hydrogens (tertiary/aromatic N) is 2. The first-order chi connectivity index (χ1) is 5.33. The van der Waals surface area contributed by atoms with E-state index >= 15 is 0 Å². The van der Waals surface area contributed by atoms with E-state index in [0.717, 1.165) is 5.69 Å². The molecule has 0 unspecified atom stereocenters. The minimum absolute atomic E-state index is 0.706. The van der Waals surface area contributed by atoms with E-state index in [1.807, 2.05) is 0 Å². The van der Waals surface area contributed by atoms with Gasteiger partial charge in [0.1, 0.15) is 0 Å². The van der Waals surface area contributed by atoms with Crippen molar-refractivity contribution in [3.8, 4) is 0 Å². The Kier molecular flexibility index (Phi) is 2.84. The molecule has 56 valence electrons. The zero-order chi connectivity index (χ0) is 8.10. The van der Waals surface area contributed by atoms with Gasteiger partial charge < -0.3 is 0 Å². The van der Waals surface area contributed by atoms with Crippen molar-refractivity contribution < 1.29 is 0 Å². The highest BCUT2D eigenvalue weighted by Gasteiger charge is 1.86. The summed E-state index contributed by atoms with van der Waals surface area (Å²) >= 11 is 5.66. The summed E-state index contributed by atoms with van der Waals surface area (Å²) in [5.41, 5.74) is 0.806. The number of rotatable bonds is 1. The summed E-state index contributed by atoms with van der Waals surface area (Å²) in [6.45, 7) is 0. The maximum absolute atomic E-state index is 5.66. The fourth-order valence-corrected chi connectivity index (χ4v) is 0.749. The van der Waals surface area contributed by atoms with Crippen molar-refractivity contribution in [2.45, 2.75) is 0 Å². The molecule has 11 heavy (non-hydrogen) atoms. The lowest BCUT2D eigenvalue weighted by Gasteiger charge is -1.88. The van der Waals surface area contributed by atoms with Crippen LogP contribution in [0.1, 0.15) is 0 Å². The molecule has 0 fully saturated rings. The second kappa shape index (κ2) is 3.91. The monoisotopic (exact) mass is 166 g/mol. The van der Waals surface area contributed by atoms with Crippen LogP contribution in [-0.4, -0.2) is 13.1 Å². The molecule has 3 heteroatoms. The number of aliphatic imine (C=N–C) groups is 2. The summed E-state index contributed by atoms with van der Waals surface area (Å²) in [5, 5.41) is 0.706. The molecule has 1 aromatic carbocycles. The van der Waals surface area contributed by atoms with Crippen molar-refractivity contribution in [1.29, 1.82) is 0 Å². The Bertz CT molecular complexity index is 283. The van der Waals surface area contributed by atoms with Crippen molar-refractivity contribution >= 4 is 23.3 Å². The lowest BCUT2D eigenvalue weighted by molar-refractivity contribution is 1.44. The van der Waals surface area contributed by atoms with E-state index in [0.29, 0.717) is 5.02 Å². The molecule has 0 radical (unpaired) electrons. The molecule has 0 aliphatic heterocycles. The third-order valence-electron chi connectivity index (χ3n) is 1.11. The van der Waals surface area contributed by atoms with Crippen molar-refractivity contribution in [2.24, 2.45) is 9.98 Å². The Hall–Kier alpha value is -1.11. The summed E-state index contributed by atoms with van der Waals surface area (Å²) in [4.78, 5) is 7.49. The summed E-state index contributed by atoms with van der Waals surface area (Å²) in [5.74, 6) is 0. The molecule has 1 rings (SSSR count). The molecule has 0 heterocycles. The van der Waals surface area contributed by atoms with E-state index in [9.17, 15) is 0 Å². The molecule has 0 aliphatic rings. The average Bonchev–Trinajstić information content (AvgIpc) is 2.04. The van der Waals surface area contributed by atoms with Gasteiger partial charge in [-0.1, -0.05) is 11.6 Å². The van der Waals surface area contributed by atoms with Crippen LogP contribution in [0.5, 0.6) is 0 Å². The Labute approximate surface area is 70.3 Å². The maximum atomic E-state index is 5.66. The third kappa shape index (κ3) is 2.54. The van der Waals surface area contributed by atoms with Gasteiger partial charge in [0.2, 0.25) is 0 Å². The van der Waals surface area contributed by atoms with Gasteiger partial charge in [-0.05, 0) is 24.3 Å². The number of halogens is 1. The Morgan fingerprint density at radius 3 is 2.45 bits per heavy atom. The van der Waals surface area contributed by atoms with Crippen LogP contribution >= 0.6 is 11.6 Å². The second-order valence-electron chi connectivity index (χ2n) is 1.91. The average molecular weight is 167 g/mol. The minimum atomic E-state index is 0.706. The largest absolute Gasteiger partial charge is 0.229 e. The zero-order valence-electron chi connectivity index (χ0n) is 6.08. The van der Waals surface area contributed by atoms with Crippen LogP contribution in [0.15, 0.2) is 34.3 Å². The quantitative estimate of drug-likeness (QED) is 0.574. The Morgan fingerprint density at radius 2 is 1.91 bits per heavy atom. The first-order valence-corrected chi connectivity index (χ1v) is 3.51. The van der Waals surface area contributed by atoms with E-state index in [1.165, 1.54) is 0 Å². The topological polar surface area (TPSA) is 24.7 Å². The van der Waals surface area contributed by atoms with Gasteiger partial charge in [-0.3, -0.25) is 0 Å². The van der Waals surface area contributed by atoms with E-state index < -0.39 is 0 Å². The molecule has 0 aromatic heterocycles. The zero-order valence-corrected chi connectivity index (χ0v) is 6.84. The van der Waals surface area contributed by atoms with Gasteiger partial charge in [0.05, 0.1) is 11.7 Å². The summed E-state index contributed by atoms with van der Waals surface area (Å²) in [6.07, 6.45) is 0. The van der Waals surface area contributed by atoms with Crippen LogP contribution in [0.3, 0.4) is 0 Å². The van der Waals surface area contributed by atoms with Crippen LogP contribution in [0.2, 0.25) is 5.02 Å². The summed E-state index contributed by atoms with van der Waals surface area (Å²) in [7, 11) is 1.62. The van der Waals surface area contributed by atoms with Crippen molar-refractivity contribution in [3.63, 3.8) is 0 Å². The van der Waals surface area contributed by atoms with Crippen LogP contribution in [0.25, 0.3) is 0 Å². The van der Waals surface area contributed by atoms with Crippen molar-refractivity contribution in [1.82, 2.24) is 0 Å². The second-order valence-corrected chi connectivity index (χ2v) is 2.35. The van der Waals surface area contributed by atoms with Gasteiger partial charge in [0, 0.05) is 12.1 Å². The molecule has 0 atom stereocenters. The van der Waals surface area contributed by atoms with Crippen LogP contribution < -0.4 is 0 Å². The van der Waals surface area contributed by atoms with Crippen LogP contribution in [0, 0.1) is 0 Å². The molecule has 2 nitrogen and oxygen atoms in total. The van der Waals surface area contributed by atoms with E-state index in [2.05, 4.69) is 16.0 Å². The van der Waals surface area contributed by atoms with Gasteiger partial charge in [0.15, 0.2) is 0 Å². The Balaban J connectivity index is 2.90. The maximum Gasteiger partial charge on any atom is 0.0946 e. The molecule has 0 amide bonds. The van der Waals surface area contributed by atoms with Gasteiger partial charge in [-0.2, -0.15) is 4.99 Å². The third-order valence-corrected chi connectivity index (χ3v) is 1.36. The van der Waals surface area contributed by atoms with Crippen molar-refractivity contribution in [3.05, 3.63) is 29.3 Å². The van der Waals surface area contributed by atoms with Gasteiger partial charge in [-0.15, -0.1) is 0 Å². The van der Waals surface area contributed by atoms with Gasteiger partial charge in [-0.25, -0.2) is 4.99 Å². The number of benzene rings is 1. The lowest BCUT2D eigenvalue weighted by Crippen LogP contribution is -1.63. The first kappa shape index (κ1) is 7.99. The number of hydrogen-bond donors (Lipinski definition) is 0. The normalized spacial score (nSPS) is 8.55. The predicted octanol–water partition coefficient (Wildman–Crippen LogP) is 2.78. The van der Waals surface area contributed by atoms with Gasteiger partial charge >= 0.3 is 0 Å². The standard InChI is InChI=1S/C8H7ClN2/c1-10-6-11-8-4-2-7(9)3-5-8/h2-5H,1H3. The Morgan fingerprint density at radius 1 is 1.27 bits per heavy atom. The molecular formula is C8H7ClN2. The fraction of sp³-hybridized carbons (Fsp3) is 0.125. The molecule has 0 N–H and O–H groups in total. The highest BCUT2D eigenvalue weighted by molar-refractivity contribution is 6.30. The number of hydrogen-bond acceptors (Lipinski definition) is 2. The highest BCUT2D eigenvalue weighted by atomic mass is 35.5. The molecule has 0 aliphatic carbocycles. The molecule has 0 saturated carbocycles. The smallest absolute Gasteiger partial charge is 0.0946 e. The fourth-order valence-electron chi connectivity index (χ4n) is 0.623. The summed E-state index contributed by atoms with van der Waals surface area (Å²) in [6, 6.07) is 9.65. The molecule has 0 bridgehead atoms. The van der Waals surface area contributed by atoms with Crippen LogP contribution in [-0.2, 0) is 0 Å². The molecule has 0 saturated heterocycles. The molecule has 1 aromatic rings. The predicted molar refractivity (Wildman–Crippen MR) is 46.9 cm³/mol. The molecular weight excluding hydrogens is 160 g/mol. The summed E-state index contributed by atoms with van der Waals surface area (Å²) < 4.78 is 0. The van der Waals surface area contributed by atoms with E-state index in [-0.39, 0.29) is 0 Å². The minimum Gasteiger partial charge on any atom is -0.229 e. The molecule has 0 spiro atoms. The van der Waals surface area contributed by atoms with E-state index in [4.69, 9.17) is 11.6 Å². The highest BCUT2D eigenvalue weighted by Crippen LogP contribution is 2.14. The van der Waals surface area contributed by atoms with E-state index in [1.54, 1.807) is 31.3 Å².